The van der Waals surface area contributed by atoms with Gasteiger partial charge in [0.15, 0.2) is 0 Å². The average Bonchev–Trinajstić information content (AvgIpc) is 2.38. The molecule has 0 heterocycles. The molecule has 0 aromatic heterocycles. The topological polar surface area (TPSA) is 92.7 Å². The van der Waals surface area contributed by atoms with Gasteiger partial charge in [0.2, 0.25) is 10.0 Å². The van der Waals surface area contributed by atoms with Crippen LogP contribution >= 0.6 is 0 Å². The lowest BCUT2D eigenvalue weighted by atomic mass is 10.2. The van der Waals surface area contributed by atoms with Crippen LogP contribution < -0.4 is 4.72 Å². The van der Waals surface area contributed by atoms with Crippen molar-refractivity contribution in [3.63, 3.8) is 0 Å². The monoisotopic (exact) mass is 287 g/mol. The van der Waals surface area contributed by atoms with Gasteiger partial charge in [0.1, 0.15) is 0 Å². The normalized spacial score (nSPS) is 11.1. The summed E-state index contributed by atoms with van der Waals surface area (Å²) in [5, 5.41) is 9.10. The Bertz CT molecular complexity index is 527. The smallest absolute Gasteiger partial charge is 0.305 e. The van der Waals surface area contributed by atoms with Crippen molar-refractivity contribution < 1.29 is 23.1 Å². The Kier molecular flexibility index (Phi) is 5.78. The van der Waals surface area contributed by atoms with Crippen molar-refractivity contribution in [1.29, 1.82) is 0 Å². The number of ether oxygens (including phenoxy) is 1. The minimum absolute atomic E-state index is 0.0546. The van der Waals surface area contributed by atoms with E-state index in [0.717, 1.165) is 0 Å². The number of hydrogen-bond donors (Lipinski definition) is 2. The lowest BCUT2D eigenvalue weighted by Gasteiger charge is -2.10. The van der Waals surface area contributed by atoms with E-state index in [-0.39, 0.29) is 25.2 Å². The van der Waals surface area contributed by atoms with E-state index in [4.69, 9.17) is 5.11 Å². The van der Waals surface area contributed by atoms with Crippen LogP contribution in [0.2, 0.25) is 0 Å². The summed E-state index contributed by atoms with van der Waals surface area (Å²) < 4.78 is 30.4. The molecule has 1 aromatic rings. The minimum Gasteiger partial charge on any atom is -0.469 e. The summed E-state index contributed by atoms with van der Waals surface area (Å²) in [5.41, 5.74) is 0.849. The summed E-state index contributed by atoms with van der Waals surface area (Å²) in [5.74, 6) is -0.618. The maximum atomic E-state index is 11.8. The predicted octanol–water partition coefficient (Wildman–Crippen LogP) is 0.874. The first kappa shape index (κ1) is 15.5. The number of aliphatic hydroxyl groups is 1. The molecule has 0 fully saturated rings. The molecule has 0 radical (unpaired) electrons. The Labute approximate surface area is 112 Å². The second kappa shape index (κ2) is 7.10. The summed E-state index contributed by atoms with van der Waals surface area (Å²) in [4.78, 5) is 10.9. The van der Waals surface area contributed by atoms with Gasteiger partial charge in [-0.15, -0.1) is 0 Å². The van der Waals surface area contributed by atoms with Crippen LogP contribution in [0.25, 0.3) is 0 Å². The fraction of sp³-hybridized carbons (Fsp3) is 0.417. The van der Waals surface area contributed by atoms with Crippen molar-refractivity contribution in [1.82, 2.24) is 0 Å². The molecule has 0 amide bonds. The number of anilines is 1. The first-order chi connectivity index (χ1) is 8.98. The molecule has 0 aliphatic heterocycles. The zero-order chi connectivity index (χ0) is 14.3. The molecule has 0 saturated carbocycles. The molecule has 6 nitrogen and oxygen atoms in total. The number of carbonyl (C=O) groups excluding carboxylic acids is 1. The van der Waals surface area contributed by atoms with Gasteiger partial charge in [-0.05, 0) is 12.5 Å². The molecule has 1 rings (SSSR count). The minimum atomic E-state index is -3.54. The second-order valence-corrected chi connectivity index (χ2v) is 5.76. The third-order valence-corrected chi connectivity index (χ3v) is 3.83. The lowest BCUT2D eigenvalue weighted by Crippen LogP contribution is -2.18. The van der Waals surface area contributed by atoms with E-state index < -0.39 is 16.0 Å². The van der Waals surface area contributed by atoms with Crippen molar-refractivity contribution in [2.24, 2.45) is 0 Å². The highest BCUT2D eigenvalue weighted by Gasteiger charge is 2.13. The van der Waals surface area contributed by atoms with Gasteiger partial charge in [-0.25, -0.2) is 8.42 Å². The van der Waals surface area contributed by atoms with Crippen LogP contribution in [0.4, 0.5) is 5.69 Å². The van der Waals surface area contributed by atoms with Gasteiger partial charge in [0.25, 0.3) is 0 Å². The number of hydrogen-bond acceptors (Lipinski definition) is 5. The van der Waals surface area contributed by atoms with E-state index >= 15 is 0 Å². The number of carbonyl (C=O) groups is 1. The fourth-order valence-electron chi connectivity index (χ4n) is 1.48. The number of aliphatic hydroxyl groups excluding tert-OH is 1. The van der Waals surface area contributed by atoms with Crippen molar-refractivity contribution in [3.05, 3.63) is 29.8 Å². The maximum absolute atomic E-state index is 11.8. The van der Waals surface area contributed by atoms with Crippen LogP contribution in [0.5, 0.6) is 0 Å². The van der Waals surface area contributed by atoms with Crippen molar-refractivity contribution in [2.75, 3.05) is 17.6 Å². The Morgan fingerprint density at radius 2 is 2.05 bits per heavy atom. The third-order valence-electron chi connectivity index (χ3n) is 2.47. The molecule has 106 valence electrons. The van der Waals surface area contributed by atoms with Crippen molar-refractivity contribution in [3.8, 4) is 0 Å². The van der Waals surface area contributed by atoms with E-state index in [2.05, 4.69) is 9.46 Å². The van der Waals surface area contributed by atoms with Crippen LogP contribution in [-0.4, -0.2) is 32.4 Å². The fourth-order valence-corrected chi connectivity index (χ4v) is 2.65. The Morgan fingerprint density at radius 1 is 1.37 bits per heavy atom. The van der Waals surface area contributed by atoms with Crippen LogP contribution in [0, 0.1) is 0 Å². The molecular formula is C12H17NO5S. The van der Waals surface area contributed by atoms with Crippen LogP contribution in [0.3, 0.4) is 0 Å². The Balaban J connectivity index is 2.61. The summed E-state index contributed by atoms with van der Waals surface area (Å²) in [6, 6.07) is 6.59. The zero-order valence-electron chi connectivity index (χ0n) is 10.6. The molecule has 0 atom stereocenters. The number of methoxy groups -OCH3 is 1. The molecule has 7 heteroatoms. The first-order valence-electron chi connectivity index (χ1n) is 5.74. The van der Waals surface area contributed by atoms with Crippen molar-refractivity contribution >= 4 is 21.7 Å². The van der Waals surface area contributed by atoms with Gasteiger partial charge >= 0.3 is 5.97 Å². The molecule has 2 N–H and O–H groups in total. The van der Waals surface area contributed by atoms with E-state index in [0.29, 0.717) is 11.3 Å². The molecule has 0 spiro atoms. The van der Waals surface area contributed by atoms with Gasteiger partial charge < -0.3 is 9.84 Å². The largest absolute Gasteiger partial charge is 0.469 e. The van der Waals surface area contributed by atoms with E-state index in [9.17, 15) is 13.2 Å². The molecular weight excluding hydrogens is 270 g/mol. The summed E-state index contributed by atoms with van der Waals surface area (Å²) >= 11 is 0. The zero-order valence-corrected chi connectivity index (χ0v) is 11.4. The molecule has 0 unspecified atom stereocenters. The van der Waals surface area contributed by atoms with Gasteiger partial charge in [-0.2, -0.15) is 0 Å². The summed E-state index contributed by atoms with van der Waals surface area (Å²) in [7, 11) is -2.28. The van der Waals surface area contributed by atoms with E-state index in [1.807, 2.05) is 0 Å². The van der Waals surface area contributed by atoms with Crippen LogP contribution in [0.1, 0.15) is 18.4 Å². The molecule has 0 aliphatic carbocycles. The number of nitrogens with one attached hydrogen (secondary N) is 1. The van der Waals surface area contributed by atoms with Crippen molar-refractivity contribution in [2.45, 2.75) is 19.4 Å². The Hall–Kier alpha value is -1.60. The number of para-hydroxylation sites is 1. The molecule has 0 aliphatic rings. The van der Waals surface area contributed by atoms with Crippen LogP contribution in [0.15, 0.2) is 24.3 Å². The summed E-state index contributed by atoms with van der Waals surface area (Å²) in [6.45, 7) is -0.249. The van der Waals surface area contributed by atoms with Gasteiger partial charge in [-0.1, -0.05) is 18.2 Å². The van der Waals surface area contributed by atoms with Gasteiger partial charge in [0.05, 0.1) is 25.2 Å². The second-order valence-electron chi connectivity index (χ2n) is 3.92. The quantitative estimate of drug-likeness (QED) is 0.726. The molecule has 0 saturated heterocycles. The Morgan fingerprint density at radius 3 is 2.68 bits per heavy atom. The highest BCUT2D eigenvalue weighted by molar-refractivity contribution is 7.92. The predicted molar refractivity (Wildman–Crippen MR) is 71.0 cm³/mol. The number of esters is 1. The third kappa shape index (κ3) is 5.27. The highest BCUT2D eigenvalue weighted by Crippen LogP contribution is 2.16. The van der Waals surface area contributed by atoms with Gasteiger partial charge in [0, 0.05) is 12.0 Å². The van der Waals surface area contributed by atoms with E-state index in [1.54, 1.807) is 24.3 Å². The average molecular weight is 287 g/mol. The number of sulfonamides is 1. The van der Waals surface area contributed by atoms with E-state index in [1.165, 1.54) is 7.11 Å². The maximum Gasteiger partial charge on any atom is 0.305 e. The molecule has 0 bridgehead atoms. The highest BCUT2D eigenvalue weighted by atomic mass is 32.2. The molecule has 19 heavy (non-hydrogen) atoms. The number of rotatable bonds is 7. The van der Waals surface area contributed by atoms with Crippen LogP contribution in [-0.2, 0) is 26.2 Å². The first-order valence-corrected chi connectivity index (χ1v) is 7.40. The number of benzene rings is 1. The summed E-state index contributed by atoms with van der Waals surface area (Å²) in [6.07, 6.45) is 0.238. The van der Waals surface area contributed by atoms with Gasteiger partial charge in [-0.3, -0.25) is 9.52 Å². The SMILES string of the molecule is COC(=O)CCCS(=O)(=O)Nc1ccccc1CO. The standard InChI is InChI=1S/C12H17NO5S/c1-18-12(15)7-4-8-19(16,17)13-11-6-3-2-5-10(11)9-14/h2-3,5-6,13-14H,4,7-9H2,1H3. The molecule has 1 aromatic carbocycles. The lowest BCUT2D eigenvalue weighted by molar-refractivity contribution is -0.140.